The van der Waals surface area contributed by atoms with Gasteiger partial charge in [-0.3, -0.25) is 0 Å². The van der Waals surface area contributed by atoms with Gasteiger partial charge in [0, 0.05) is 0 Å². The molecule has 2 N–H and O–H groups in total. The first-order valence-electron chi connectivity index (χ1n) is 5.04. The third kappa shape index (κ3) is 1.89. The third-order valence-electron chi connectivity index (χ3n) is 2.82. The van der Waals surface area contributed by atoms with Gasteiger partial charge in [-0.1, -0.05) is 0 Å². The Bertz CT molecular complexity index is 433. The molecule has 4 heteroatoms. The van der Waals surface area contributed by atoms with Crippen molar-refractivity contribution < 1.29 is 10.0 Å². The number of aryl methyl sites for hydroxylation is 1. The van der Waals surface area contributed by atoms with Crippen molar-refractivity contribution >= 4 is 12.6 Å². The Morgan fingerprint density at radius 1 is 1.40 bits per heavy atom. The molecule has 1 aliphatic carbocycles. The fraction of sp³-hybridized carbons (Fsp3) is 0.364. The van der Waals surface area contributed by atoms with E-state index < -0.39 is 7.12 Å². The van der Waals surface area contributed by atoms with Crippen molar-refractivity contribution in [3.05, 3.63) is 28.8 Å². The first-order valence-corrected chi connectivity index (χ1v) is 5.04. The Hall–Kier alpha value is -1.31. The van der Waals surface area contributed by atoms with E-state index in [1.165, 1.54) is 0 Å². The summed E-state index contributed by atoms with van der Waals surface area (Å²) < 4.78 is 0. The molecule has 0 bridgehead atoms. The van der Waals surface area contributed by atoms with E-state index >= 15 is 0 Å². The molecule has 0 atom stereocenters. The molecule has 2 rings (SSSR count). The standard InChI is InChI=1S/C11H12BNO2/c1-7-4-8(6-13)5-10(9-2-3-9)11(7)12(14)15/h4-5,9,14-15H,2-3H2,1H3. The predicted molar refractivity (Wildman–Crippen MR) is 57.7 cm³/mol. The van der Waals surface area contributed by atoms with Gasteiger partial charge in [0.15, 0.2) is 0 Å². The number of nitriles is 1. The van der Waals surface area contributed by atoms with Crippen LogP contribution in [0.1, 0.15) is 35.4 Å². The summed E-state index contributed by atoms with van der Waals surface area (Å²) in [6, 6.07) is 5.57. The highest BCUT2D eigenvalue weighted by Gasteiger charge is 2.30. The van der Waals surface area contributed by atoms with Crippen LogP contribution in [0.3, 0.4) is 0 Å². The van der Waals surface area contributed by atoms with Gasteiger partial charge in [-0.05, 0) is 54.4 Å². The molecular formula is C11H12BNO2. The topological polar surface area (TPSA) is 64.2 Å². The Labute approximate surface area is 89.1 Å². The maximum absolute atomic E-state index is 9.30. The van der Waals surface area contributed by atoms with Crippen LogP contribution < -0.4 is 5.46 Å². The van der Waals surface area contributed by atoms with Crippen LogP contribution in [0.4, 0.5) is 0 Å². The van der Waals surface area contributed by atoms with Crippen molar-refractivity contribution in [1.82, 2.24) is 0 Å². The molecule has 0 spiro atoms. The van der Waals surface area contributed by atoms with Crippen LogP contribution in [0.2, 0.25) is 0 Å². The van der Waals surface area contributed by atoms with Crippen molar-refractivity contribution in [2.45, 2.75) is 25.7 Å². The molecule has 1 fully saturated rings. The fourth-order valence-corrected chi connectivity index (χ4v) is 1.97. The normalized spacial score (nSPS) is 14.8. The fourth-order valence-electron chi connectivity index (χ4n) is 1.97. The van der Waals surface area contributed by atoms with Gasteiger partial charge in [0.05, 0.1) is 11.6 Å². The lowest BCUT2D eigenvalue weighted by Gasteiger charge is -2.11. The molecule has 1 aliphatic rings. The molecule has 0 saturated heterocycles. The number of hydrogen-bond acceptors (Lipinski definition) is 3. The lowest BCUT2D eigenvalue weighted by molar-refractivity contribution is 0.425. The average molecular weight is 201 g/mol. The van der Waals surface area contributed by atoms with Gasteiger partial charge < -0.3 is 10.0 Å². The zero-order valence-corrected chi connectivity index (χ0v) is 8.57. The third-order valence-corrected chi connectivity index (χ3v) is 2.82. The van der Waals surface area contributed by atoms with Crippen molar-refractivity contribution in [2.75, 3.05) is 0 Å². The second kappa shape index (κ2) is 3.69. The highest BCUT2D eigenvalue weighted by Crippen LogP contribution is 2.39. The van der Waals surface area contributed by atoms with Gasteiger partial charge in [-0.15, -0.1) is 0 Å². The number of benzene rings is 1. The second-order valence-corrected chi connectivity index (χ2v) is 4.06. The quantitative estimate of drug-likeness (QED) is 0.681. The largest absolute Gasteiger partial charge is 0.488 e. The summed E-state index contributed by atoms with van der Waals surface area (Å²) in [5.41, 5.74) is 2.89. The van der Waals surface area contributed by atoms with Crippen molar-refractivity contribution in [3.63, 3.8) is 0 Å². The molecule has 1 aromatic carbocycles. The van der Waals surface area contributed by atoms with E-state index in [9.17, 15) is 10.0 Å². The summed E-state index contributed by atoms with van der Waals surface area (Å²) in [6.07, 6.45) is 2.15. The van der Waals surface area contributed by atoms with Crippen molar-refractivity contribution in [1.29, 1.82) is 5.26 Å². The zero-order chi connectivity index (χ0) is 11.0. The van der Waals surface area contributed by atoms with Gasteiger partial charge in [0.25, 0.3) is 0 Å². The van der Waals surface area contributed by atoms with E-state index in [0.717, 1.165) is 24.0 Å². The van der Waals surface area contributed by atoms with E-state index in [2.05, 4.69) is 6.07 Å². The van der Waals surface area contributed by atoms with Gasteiger partial charge in [0.1, 0.15) is 0 Å². The summed E-state index contributed by atoms with van der Waals surface area (Å²) in [7, 11) is -1.44. The molecule has 0 aromatic heterocycles. The molecule has 1 saturated carbocycles. The van der Waals surface area contributed by atoms with E-state index in [1.54, 1.807) is 12.1 Å². The Kier molecular flexibility index (Phi) is 2.51. The van der Waals surface area contributed by atoms with Crippen molar-refractivity contribution in [2.24, 2.45) is 0 Å². The second-order valence-electron chi connectivity index (χ2n) is 4.06. The zero-order valence-electron chi connectivity index (χ0n) is 8.57. The highest BCUT2D eigenvalue weighted by molar-refractivity contribution is 6.59. The molecule has 15 heavy (non-hydrogen) atoms. The number of rotatable bonds is 2. The number of hydrogen-bond donors (Lipinski definition) is 2. The van der Waals surface area contributed by atoms with Crippen LogP contribution in [0, 0.1) is 18.3 Å². The van der Waals surface area contributed by atoms with Crippen LogP contribution in [0.25, 0.3) is 0 Å². The average Bonchev–Trinajstić information content (AvgIpc) is 2.98. The minimum absolute atomic E-state index is 0.411. The molecule has 3 nitrogen and oxygen atoms in total. The van der Waals surface area contributed by atoms with Gasteiger partial charge in [-0.2, -0.15) is 5.26 Å². The lowest BCUT2D eigenvalue weighted by Crippen LogP contribution is -2.35. The molecule has 0 aliphatic heterocycles. The monoisotopic (exact) mass is 201 g/mol. The maximum atomic E-state index is 9.30. The summed E-state index contributed by atoms with van der Waals surface area (Å²) in [4.78, 5) is 0. The molecule has 0 radical (unpaired) electrons. The van der Waals surface area contributed by atoms with Gasteiger partial charge in [0.2, 0.25) is 0 Å². The predicted octanol–water partition coefficient (Wildman–Crippen LogP) is 0.424. The number of nitrogens with zero attached hydrogens (tertiary/aromatic N) is 1. The summed E-state index contributed by atoms with van der Waals surface area (Å²) in [6.45, 7) is 1.81. The molecule has 1 aromatic rings. The Morgan fingerprint density at radius 2 is 2.07 bits per heavy atom. The van der Waals surface area contributed by atoms with Gasteiger partial charge in [-0.25, -0.2) is 0 Å². The van der Waals surface area contributed by atoms with Crippen molar-refractivity contribution in [3.8, 4) is 6.07 Å². The molecule has 76 valence electrons. The van der Waals surface area contributed by atoms with E-state index in [4.69, 9.17) is 5.26 Å². The van der Waals surface area contributed by atoms with Crippen LogP contribution >= 0.6 is 0 Å². The molecule has 0 heterocycles. The highest BCUT2D eigenvalue weighted by atomic mass is 16.4. The molecule has 0 amide bonds. The first-order chi connectivity index (χ1) is 7.13. The van der Waals surface area contributed by atoms with Crippen LogP contribution in [-0.2, 0) is 0 Å². The minimum Gasteiger partial charge on any atom is -0.423 e. The summed E-state index contributed by atoms with van der Waals surface area (Å²) in [5, 5.41) is 27.4. The molecule has 0 unspecified atom stereocenters. The van der Waals surface area contributed by atoms with Gasteiger partial charge >= 0.3 is 7.12 Å². The van der Waals surface area contributed by atoms with Crippen LogP contribution in [-0.4, -0.2) is 17.2 Å². The minimum atomic E-state index is -1.44. The lowest BCUT2D eigenvalue weighted by atomic mass is 9.72. The van der Waals surface area contributed by atoms with Crippen LogP contribution in [0.5, 0.6) is 0 Å². The smallest absolute Gasteiger partial charge is 0.423 e. The first kappa shape index (κ1) is 10.2. The summed E-state index contributed by atoms with van der Waals surface area (Å²) in [5.74, 6) is 0.411. The van der Waals surface area contributed by atoms with E-state index in [1.807, 2.05) is 6.92 Å². The molecular weight excluding hydrogens is 189 g/mol. The Balaban J connectivity index is 2.56. The Morgan fingerprint density at radius 3 is 2.53 bits per heavy atom. The SMILES string of the molecule is Cc1cc(C#N)cc(C2CC2)c1B(O)O. The van der Waals surface area contributed by atoms with Crippen LogP contribution in [0.15, 0.2) is 12.1 Å². The van der Waals surface area contributed by atoms with E-state index in [0.29, 0.717) is 16.9 Å². The van der Waals surface area contributed by atoms with E-state index in [-0.39, 0.29) is 0 Å². The summed E-state index contributed by atoms with van der Waals surface area (Å²) >= 11 is 0. The maximum Gasteiger partial charge on any atom is 0.488 e.